The van der Waals surface area contributed by atoms with Crippen molar-refractivity contribution in [2.45, 2.75) is 0 Å². The fourth-order valence-electron chi connectivity index (χ4n) is 1.48. The number of hydrogen-bond donors (Lipinski definition) is 2. The van der Waals surface area contributed by atoms with Gasteiger partial charge in [-0.25, -0.2) is 4.39 Å². The molecule has 0 saturated heterocycles. The van der Waals surface area contributed by atoms with Crippen LogP contribution in [0.2, 0.25) is 5.02 Å². The highest BCUT2D eigenvalue weighted by Gasteiger charge is 2.14. The van der Waals surface area contributed by atoms with Crippen molar-refractivity contribution in [3.63, 3.8) is 0 Å². The second-order valence-corrected chi connectivity index (χ2v) is 5.05. The second kappa shape index (κ2) is 5.59. The quantitative estimate of drug-likeness (QED) is 0.807. The van der Waals surface area contributed by atoms with Crippen LogP contribution in [0.5, 0.6) is 0 Å². The Kier molecular flexibility index (Phi) is 4.07. The van der Waals surface area contributed by atoms with Crippen molar-refractivity contribution < 1.29 is 9.18 Å². The first kappa shape index (κ1) is 13.8. The third-order valence-corrected chi connectivity index (χ3v) is 3.43. The summed E-state index contributed by atoms with van der Waals surface area (Å²) in [6.07, 6.45) is 0. The van der Waals surface area contributed by atoms with E-state index in [-0.39, 0.29) is 10.6 Å². The molecule has 3 nitrogen and oxygen atoms in total. The molecule has 0 fully saturated rings. The number of halogens is 3. The Hall–Kier alpha value is -1.59. The topological polar surface area (TPSA) is 55.1 Å². The Bertz CT molecular complexity index is 649. The molecule has 0 aromatic heterocycles. The van der Waals surface area contributed by atoms with Crippen molar-refractivity contribution in [3.05, 3.63) is 57.3 Å². The van der Waals surface area contributed by atoms with E-state index in [1.165, 1.54) is 18.2 Å². The van der Waals surface area contributed by atoms with E-state index in [2.05, 4.69) is 21.2 Å². The summed E-state index contributed by atoms with van der Waals surface area (Å²) in [5, 5.41) is 2.48. The van der Waals surface area contributed by atoms with Gasteiger partial charge < -0.3 is 11.1 Å². The highest BCUT2D eigenvalue weighted by molar-refractivity contribution is 9.10. The van der Waals surface area contributed by atoms with Crippen LogP contribution in [0.3, 0.4) is 0 Å². The van der Waals surface area contributed by atoms with Crippen LogP contribution in [0.15, 0.2) is 40.9 Å². The Morgan fingerprint density at radius 3 is 2.74 bits per heavy atom. The van der Waals surface area contributed by atoms with Crippen molar-refractivity contribution in [1.29, 1.82) is 0 Å². The maximum atomic E-state index is 13.7. The highest BCUT2D eigenvalue weighted by Crippen LogP contribution is 2.24. The van der Waals surface area contributed by atoms with Gasteiger partial charge in [-0.2, -0.15) is 0 Å². The van der Waals surface area contributed by atoms with Gasteiger partial charge in [0.1, 0.15) is 0 Å². The predicted molar refractivity (Wildman–Crippen MR) is 77.9 cm³/mol. The van der Waals surface area contributed by atoms with Crippen LogP contribution in [0.25, 0.3) is 0 Å². The molecule has 2 rings (SSSR count). The average molecular weight is 344 g/mol. The van der Waals surface area contributed by atoms with E-state index in [4.69, 9.17) is 17.3 Å². The number of nitrogens with one attached hydrogen (secondary N) is 1. The molecule has 2 aromatic carbocycles. The maximum Gasteiger partial charge on any atom is 0.258 e. The molecule has 19 heavy (non-hydrogen) atoms. The molecule has 98 valence electrons. The molecule has 6 heteroatoms. The molecule has 0 aliphatic rings. The van der Waals surface area contributed by atoms with Crippen LogP contribution in [0.1, 0.15) is 10.4 Å². The highest BCUT2D eigenvalue weighted by atomic mass is 79.9. The third-order valence-electron chi connectivity index (χ3n) is 2.45. The summed E-state index contributed by atoms with van der Waals surface area (Å²) in [6, 6.07) is 9.15. The number of carbonyl (C=O) groups excluding carboxylic acids is 1. The smallest absolute Gasteiger partial charge is 0.258 e. The lowest BCUT2D eigenvalue weighted by Gasteiger charge is -2.08. The molecule has 0 spiro atoms. The number of hydrogen-bond acceptors (Lipinski definition) is 2. The van der Waals surface area contributed by atoms with Crippen molar-refractivity contribution >= 4 is 44.8 Å². The van der Waals surface area contributed by atoms with Crippen LogP contribution >= 0.6 is 27.5 Å². The molecule has 0 radical (unpaired) electrons. The lowest BCUT2D eigenvalue weighted by Crippen LogP contribution is -2.14. The van der Waals surface area contributed by atoms with Gasteiger partial charge in [-0.3, -0.25) is 4.79 Å². The van der Waals surface area contributed by atoms with Gasteiger partial charge in [0.25, 0.3) is 5.91 Å². The summed E-state index contributed by atoms with van der Waals surface area (Å²) in [4.78, 5) is 11.9. The number of nitrogen functional groups attached to an aromatic ring is 1. The zero-order valence-electron chi connectivity index (χ0n) is 9.58. The Balaban J connectivity index is 2.26. The van der Waals surface area contributed by atoms with E-state index >= 15 is 0 Å². The summed E-state index contributed by atoms with van der Waals surface area (Å²) in [5.41, 5.74) is 6.58. The normalized spacial score (nSPS) is 10.3. The van der Waals surface area contributed by atoms with Crippen molar-refractivity contribution in [2.75, 3.05) is 11.1 Å². The predicted octanol–water partition coefficient (Wildman–Crippen LogP) is 4.08. The second-order valence-electron chi connectivity index (χ2n) is 3.79. The van der Waals surface area contributed by atoms with Gasteiger partial charge >= 0.3 is 0 Å². The van der Waals surface area contributed by atoms with Gasteiger partial charge in [-0.05, 0) is 46.3 Å². The van der Waals surface area contributed by atoms with Crippen LogP contribution in [0, 0.1) is 5.82 Å². The van der Waals surface area contributed by atoms with Gasteiger partial charge in [-0.15, -0.1) is 0 Å². The van der Waals surface area contributed by atoms with Crippen molar-refractivity contribution in [1.82, 2.24) is 0 Å². The Morgan fingerprint density at radius 2 is 2.05 bits per heavy atom. The SMILES string of the molecule is Nc1ccc(NC(=O)c2cccc(Cl)c2F)cc1Br. The lowest BCUT2D eigenvalue weighted by molar-refractivity contribution is 0.102. The van der Waals surface area contributed by atoms with E-state index in [1.807, 2.05) is 0 Å². The molecule has 0 bridgehead atoms. The van der Waals surface area contributed by atoms with E-state index in [1.54, 1.807) is 18.2 Å². The third kappa shape index (κ3) is 3.05. The minimum atomic E-state index is -0.740. The molecule has 1 amide bonds. The summed E-state index contributed by atoms with van der Waals surface area (Å²) in [6.45, 7) is 0. The van der Waals surface area contributed by atoms with Gasteiger partial charge in [-0.1, -0.05) is 17.7 Å². The maximum absolute atomic E-state index is 13.7. The van der Waals surface area contributed by atoms with Crippen LogP contribution in [0.4, 0.5) is 15.8 Å². The molecule has 0 aliphatic carbocycles. The monoisotopic (exact) mass is 342 g/mol. The average Bonchev–Trinajstić information content (AvgIpc) is 2.37. The number of benzene rings is 2. The molecule has 0 aliphatic heterocycles. The van der Waals surface area contributed by atoms with E-state index in [0.717, 1.165) is 0 Å². The fraction of sp³-hybridized carbons (Fsp3) is 0. The zero-order valence-corrected chi connectivity index (χ0v) is 11.9. The molecule has 0 heterocycles. The zero-order chi connectivity index (χ0) is 14.0. The molecular weight excluding hydrogens is 335 g/mol. The van der Waals surface area contributed by atoms with E-state index in [9.17, 15) is 9.18 Å². The standard InChI is InChI=1S/C13H9BrClFN2O/c14-9-6-7(4-5-11(9)17)18-13(19)8-2-1-3-10(15)12(8)16/h1-6H,17H2,(H,18,19). The molecular formula is C13H9BrClFN2O. The Morgan fingerprint density at radius 1 is 1.32 bits per heavy atom. The van der Waals surface area contributed by atoms with Gasteiger partial charge in [0, 0.05) is 15.8 Å². The van der Waals surface area contributed by atoms with Gasteiger partial charge in [0.15, 0.2) is 5.82 Å². The first-order valence-corrected chi connectivity index (χ1v) is 6.46. The summed E-state index contributed by atoms with van der Waals surface area (Å²) in [7, 11) is 0. The fourth-order valence-corrected chi connectivity index (χ4v) is 2.04. The Labute approximate surface area is 122 Å². The van der Waals surface area contributed by atoms with Crippen molar-refractivity contribution in [2.24, 2.45) is 0 Å². The number of rotatable bonds is 2. The molecule has 0 atom stereocenters. The number of carbonyl (C=O) groups is 1. The first-order chi connectivity index (χ1) is 8.99. The molecule has 2 aromatic rings. The number of amides is 1. The van der Waals surface area contributed by atoms with Crippen LogP contribution < -0.4 is 11.1 Å². The minimum absolute atomic E-state index is 0.0915. The molecule has 0 saturated carbocycles. The minimum Gasteiger partial charge on any atom is -0.398 e. The van der Waals surface area contributed by atoms with Gasteiger partial charge in [0.2, 0.25) is 0 Å². The summed E-state index contributed by atoms with van der Waals surface area (Å²) >= 11 is 8.87. The summed E-state index contributed by atoms with van der Waals surface area (Å²) < 4.78 is 14.3. The van der Waals surface area contributed by atoms with Crippen LogP contribution in [-0.4, -0.2) is 5.91 Å². The summed E-state index contributed by atoms with van der Waals surface area (Å²) in [5.74, 6) is -1.31. The van der Waals surface area contributed by atoms with E-state index < -0.39 is 11.7 Å². The van der Waals surface area contributed by atoms with Crippen LogP contribution in [-0.2, 0) is 0 Å². The lowest BCUT2D eigenvalue weighted by atomic mass is 10.2. The van der Waals surface area contributed by atoms with E-state index in [0.29, 0.717) is 15.8 Å². The molecule has 0 unspecified atom stereocenters. The molecule has 3 N–H and O–H groups in total. The number of nitrogens with two attached hydrogens (primary N) is 1. The van der Waals surface area contributed by atoms with Gasteiger partial charge in [0.05, 0.1) is 10.6 Å². The first-order valence-electron chi connectivity index (χ1n) is 5.29. The largest absolute Gasteiger partial charge is 0.398 e. The number of anilines is 2. The van der Waals surface area contributed by atoms with Crippen molar-refractivity contribution in [3.8, 4) is 0 Å².